The van der Waals surface area contributed by atoms with Crippen LogP contribution in [0, 0.1) is 5.92 Å². The molecule has 11 rings (SSSR count). The zero-order valence-corrected chi connectivity index (χ0v) is 32.5. The fourth-order valence-electron chi connectivity index (χ4n) is 9.10. The molecule has 2 atom stereocenters. The molecule has 0 bridgehead atoms. The monoisotopic (exact) mass is 745 g/mol. The summed E-state index contributed by atoms with van der Waals surface area (Å²) in [5.74, 6) is 0.235. The van der Waals surface area contributed by atoms with E-state index in [-0.39, 0.29) is 12.0 Å². The highest BCUT2D eigenvalue weighted by Crippen LogP contribution is 2.43. The SMILES string of the molecule is CC1C=C(c2ccc3ccc4c5ccccc5ccc4c3c2)C=CC1N(c1ccc(-c2ccccc2)cc1)c1cccc(-c2cccc3sc4ccccc4c23)c1. The largest absolute Gasteiger partial charge is 0.334 e. The maximum absolute atomic E-state index is 2.54. The van der Waals surface area contributed by atoms with Gasteiger partial charge in [-0.1, -0.05) is 171 Å². The maximum atomic E-state index is 2.54. The summed E-state index contributed by atoms with van der Waals surface area (Å²) in [5, 5.41) is 10.4. The number of allylic oxidation sites excluding steroid dienone is 2. The van der Waals surface area contributed by atoms with Crippen molar-refractivity contribution in [3.05, 3.63) is 212 Å². The molecular formula is C55H39NS. The molecule has 2 heteroatoms. The highest BCUT2D eigenvalue weighted by molar-refractivity contribution is 7.25. The van der Waals surface area contributed by atoms with Crippen molar-refractivity contribution in [3.63, 3.8) is 0 Å². The summed E-state index contributed by atoms with van der Waals surface area (Å²) in [6.45, 7) is 2.37. The first-order valence-electron chi connectivity index (χ1n) is 19.9. The zero-order chi connectivity index (χ0) is 37.9. The van der Waals surface area contributed by atoms with E-state index in [0.717, 1.165) is 0 Å². The van der Waals surface area contributed by atoms with Crippen LogP contribution in [0.2, 0.25) is 0 Å². The van der Waals surface area contributed by atoms with Crippen LogP contribution in [0.5, 0.6) is 0 Å². The Kier molecular flexibility index (Phi) is 8.12. The van der Waals surface area contributed by atoms with Crippen LogP contribution in [0.25, 0.3) is 80.3 Å². The number of nitrogens with zero attached hydrogens (tertiary/aromatic N) is 1. The third-order valence-corrected chi connectivity index (χ3v) is 13.1. The van der Waals surface area contributed by atoms with Crippen molar-refractivity contribution in [2.24, 2.45) is 5.92 Å². The van der Waals surface area contributed by atoms with E-state index >= 15 is 0 Å². The molecule has 0 radical (unpaired) electrons. The van der Waals surface area contributed by atoms with Crippen LogP contribution in [0.1, 0.15) is 12.5 Å². The predicted molar refractivity (Wildman–Crippen MR) is 248 cm³/mol. The second-order valence-corrected chi connectivity index (χ2v) is 16.4. The maximum Gasteiger partial charge on any atom is 0.0585 e. The van der Waals surface area contributed by atoms with Crippen LogP contribution in [-0.2, 0) is 0 Å². The molecule has 0 saturated heterocycles. The summed E-state index contributed by atoms with van der Waals surface area (Å²) in [7, 11) is 0. The molecule has 2 unspecified atom stereocenters. The Balaban J connectivity index is 1.000. The molecule has 1 aliphatic carbocycles. The van der Waals surface area contributed by atoms with Crippen LogP contribution < -0.4 is 4.90 Å². The highest BCUT2D eigenvalue weighted by Gasteiger charge is 2.27. The molecule has 270 valence electrons. The number of hydrogen-bond acceptors (Lipinski definition) is 2. The van der Waals surface area contributed by atoms with Gasteiger partial charge in [0.15, 0.2) is 0 Å². The molecule has 0 N–H and O–H groups in total. The Hall–Kier alpha value is -6.74. The molecule has 57 heavy (non-hydrogen) atoms. The van der Waals surface area contributed by atoms with E-state index in [1.165, 1.54) is 97.3 Å². The van der Waals surface area contributed by atoms with Gasteiger partial charge >= 0.3 is 0 Å². The second-order valence-electron chi connectivity index (χ2n) is 15.3. The Bertz CT molecular complexity index is 3200. The third-order valence-electron chi connectivity index (χ3n) is 11.9. The first-order valence-corrected chi connectivity index (χ1v) is 20.7. The van der Waals surface area contributed by atoms with E-state index in [9.17, 15) is 0 Å². The minimum absolute atomic E-state index is 0.108. The lowest BCUT2D eigenvalue weighted by atomic mass is 9.87. The van der Waals surface area contributed by atoms with E-state index < -0.39 is 0 Å². The Morgan fingerprint density at radius 1 is 0.439 bits per heavy atom. The Labute approximate surface area is 337 Å². The van der Waals surface area contributed by atoms with Crippen molar-refractivity contribution >= 4 is 80.8 Å². The molecule has 0 aliphatic heterocycles. The molecular weight excluding hydrogens is 707 g/mol. The molecule has 1 heterocycles. The summed E-state index contributed by atoms with van der Waals surface area (Å²) < 4.78 is 2.65. The van der Waals surface area contributed by atoms with Gasteiger partial charge in [0.25, 0.3) is 0 Å². The van der Waals surface area contributed by atoms with Crippen LogP contribution >= 0.6 is 11.3 Å². The summed E-state index contributed by atoms with van der Waals surface area (Å²) in [6, 6.07) is 69.4. The van der Waals surface area contributed by atoms with Gasteiger partial charge in [-0.25, -0.2) is 0 Å². The fourth-order valence-corrected chi connectivity index (χ4v) is 10.2. The molecule has 0 spiro atoms. The van der Waals surface area contributed by atoms with Crippen molar-refractivity contribution in [2.75, 3.05) is 4.90 Å². The van der Waals surface area contributed by atoms with E-state index in [4.69, 9.17) is 0 Å². The average molecular weight is 746 g/mol. The number of fused-ring (bicyclic) bond motifs is 8. The lowest BCUT2D eigenvalue weighted by Gasteiger charge is -2.37. The van der Waals surface area contributed by atoms with Gasteiger partial charge in [0.05, 0.1) is 6.04 Å². The number of thiophene rings is 1. The summed E-state index contributed by atoms with van der Waals surface area (Å²) in [5.41, 5.74) is 9.82. The minimum Gasteiger partial charge on any atom is -0.334 e. The van der Waals surface area contributed by atoms with Crippen LogP contribution in [0.3, 0.4) is 0 Å². The standard InChI is InChI=1S/C55H39NS/c1-36-33-41(42-22-21-40-26-30-48-46-16-6-5-13-39(46)25-31-49(48)51(40)35-42)27-32-52(36)56(44-28-23-38(24-29-44)37-11-3-2-4-12-37)45-15-9-14-43(34-45)47-18-10-20-54-55(47)50-17-7-8-19-53(50)57-54/h2-36,52H,1H3. The molecule has 9 aromatic carbocycles. The van der Waals surface area contributed by atoms with Crippen molar-refractivity contribution in [3.8, 4) is 22.3 Å². The van der Waals surface area contributed by atoms with Gasteiger partial charge in [0.1, 0.15) is 0 Å². The van der Waals surface area contributed by atoms with Crippen molar-refractivity contribution in [1.82, 2.24) is 0 Å². The molecule has 1 nitrogen and oxygen atoms in total. The van der Waals surface area contributed by atoms with Crippen LogP contribution in [-0.4, -0.2) is 6.04 Å². The number of benzene rings is 9. The average Bonchev–Trinajstić information content (AvgIpc) is 3.66. The Morgan fingerprint density at radius 2 is 1.09 bits per heavy atom. The highest BCUT2D eigenvalue weighted by atomic mass is 32.1. The van der Waals surface area contributed by atoms with Gasteiger partial charge in [-0.2, -0.15) is 0 Å². The molecule has 0 saturated carbocycles. The van der Waals surface area contributed by atoms with Crippen molar-refractivity contribution in [1.29, 1.82) is 0 Å². The first kappa shape index (κ1) is 33.6. The van der Waals surface area contributed by atoms with Crippen LogP contribution in [0.15, 0.2) is 206 Å². The van der Waals surface area contributed by atoms with Gasteiger partial charge in [0.2, 0.25) is 0 Å². The molecule has 1 aromatic heterocycles. The predicted octanol–water partition coefficient (Wildman–Crippen LogP) is 15.6. The summed E-state index contributed by atoms with van der Waals surface area (Å²) in [4.78, 5) is 2.54. The van der Waals surface area contributed by atoms with Gasteiger partial charge in [-0.15, -0.1) is 11.3 Å². The minimum atomic E-state index is 0.108. The lowest BCUT2D eigenvalue weighted by Crippen LogP contribution is -2.35. The zero-order valence-electron chi connectivity index (χ0n) is 31.6. The number of hydrogen-bond donors (Lipinski definition) is 0. The molecule has 0 fully saturated rings. The van der Waals surface area contributed by atoms with Gasteiger partial charge in [0, 0.05) is 31.5 Å². The normalized spacial score (nSPS) is 15.5. The second kappa shape index (κ2) is 13.8. The molecule has 1 aliphatic rings. The van der Waals surface area contributed by atoms with Gasteiger partial charge < -0.3 is 4.90 Å². The van der Waals surface area contributed by atoms with E-state index in [1.54, 1.807) is 0 Å². The molecule has 10 aromatic rings. The van der Waals surface area contributed by atoms with E-state index in [2.05, 4.69) is 218 Å². The topological polar surface area (TPSA) is 3.24 Å². The number of rotatable bonds is 6. The fraction of sp³-hybridized carbons (Fsp3) is 0.0545. The quantitative estimate of drug-likeness (QED) is 0.153. The van der Waals surface area contributed by atoms with E-state index in [0.29, 0.717) is 0 Å². The van der Waals surface area contributed by atoms with E-state index in [1.807, 2.05) is 11.3 Å². The lowest BCUT2D eigenvalue weighted by molar-refractivity contribution is 0.611. The third kappa shape index (κ3) is 5.84. The summed E-state index contributed by atoms with van der Waals surface area (Å²) >= 11 is 1.87. The smallest absolute Gasteiger partial charge is 0.0585 e. The van der Waals surface area contributed by atoms with Crippen LogP contribution in [0.4, 0.5) is 11.4 Å². The number of anilines is 2. The molecule has 0 amide bonds. The first-order chi connectivity index (χ1) is 28.2. The summed E-state index contributed by atoms with van der Waals surface area (Å²) in [6.07, 6.45) is 7.24. The van der Waals surface area contributed by atoms with Crippen molar-refractivity contribution in [2.45, 2.75) is 13.0 Å². The Morgan fingerprint density at radius 3 is 1.93 bits per heavy atom. The van der Waals surface area contributed by atoms with Crippen molar-refractivity contribution < 1.29 is 0 Å². The van der Waals surface area contributed by atoms with Gasteiger partial charge in [-0.05, 0) is 114 Å². The van der Waals surface area contributed by atoms with Gasteiger partial charge in [-0.3, -0.25) is 0 Å².